The van der Waals surface area contributed by atoms with Crippen LogP contribution in [0.4, 0.5) is 4.79 Å². The molecule has 1 heterocycles. The molecule has 2 aliphatic rings. The lowest BCUT2D eigenvalue weighted by Gasteiger charge is -2.43. The lowest BCUT2D eigenvalue weighted by atomic mass is 9.64. The van der Waals surface area contributed by atoms with Crippen LogP contribution in [0, 0.1) is 11.3 Å². The SMILES string of the molecule is C[C@H]1CC(C)(C)C[C@]2(C1)NC(=O)N(CC(=O)NC(c1ccccc1)c1ccccc1)C2=O. The molecule has 0 bridgehead atoms. The fraction of sp³-hybridized carbons (Fsp3) is 0.423. The molecule has 2 aromatic rings. The fourth-order valence-corrected chi connectivity index (χ4v) is 5.65. The highest BCUT2D eigenvalue weighted by Gasteiger charge is 2.56. The van der Waals surface area contributed by atoms with Gasteiger partial charge in [0.1, 0.15) is 12.1 Å². The van der Waals surface area contributed by atoms with E-state index in [9.17, 15) is 14.4 Å². The number of imide groups is 1. The van der Waals surface area contributed by atoms with E-state index in [0.29, 0.717) is 18.8 Å². The third-order valence-electron chi connectivity index (χ3n) is 6.50. The second-order valence-corrected chi connectivity index (χ2v) is 10.1. The van der Waals surface area contributed by atoms with Gasteiger partial charge in [0.05, 0.1) is 6.04 Å². The number of nitrogens with one attached hydrogen (secondary N) is 2. The van der Waals surface area contributed by atoms with Crippen LogP contribution in [0.25, 0.3) is 0 Å². The molecule has 1 aliphatic heterocycles. The fourth-order valence-electron chi connectivity index (χ4n) is 5.65. The van der Waals surface area contributed by atoms with Crippen molar-refractivity contribution in [3.05, 3.63) is 71.8 Å². The molecule has 0 unspecified atom stereocenters. The van der Waals surface area contributed by atoms with Crippen LogP contribution in [0.1, 0.15) is 57.2 Å². The Kier molecular flexibility index (Phi) is 5.80. The normalized spacial score (nSPS) is 24.6. The van der Waals surface area contributed by atoms with Gasteiger partial charge >= 0.3 is 6.03 Å². The molecule has 32 heavy (non-hydrogen) atoms. The molecule has 4 rings (SSSR count). The number of benzene rings is 2. The third kappa shape index (κ3) is 4.40. The predicted octanol–water partition coefficient (Wildman–Crippen LogP) is 4.03. The molecular formula is C26H31N3O3. The van der Waals surface area contributed by atoms with Crippen molar-refractivity contribution < 1.29 is 14.4 Å². The molecule has 1 aliphatic carbocycles. The molecule has 0 radical (unpaired) electrons. The van der Waals surface area contributed by atoms with Crippen LogP contribution in [0.15, 0.2) is 60.7 Å². The Morgan fingerprint density at radius 2 is 1.59 bits per heavy atom. The first-order chi connectivity index (χ1) is 15.2. The highest BCUT2D eigenvalue weighted by Crippen LogP contribution is 2.46. The van der Waals surface area contributed by atoms with Crippen LogP contribution in [0.3, 0.4) is 0 Å². The van der Waals surface area contributed by atoms with E-state index in [2.05, 4.69) is 31.4 Å². The zero-order valence-electron chi connectivity index (χ0n) is 18.9. The molecule has 2 aromatic carbocycles. The molecule has 1 saturated heterocycles. The van der Waals surface area contributed by atoms with Gasteiger partial charge in [0.25, 0.3) is 5.91 Å². The van der Waals surface area contributed by atoms with Crippen molar-refractivity contribution in [2.75, 3.05) is 6.54 Å². The summed E-state index contributed by atoms with van der Waals surface area (Å²) in [6.07, 6.45) is 2.20. The van der Waals surface area contributed by atoms with E-state index in [1.807, 2.05) is 60.7 Å². The number of nitrogens with zero attached hydrogens (tertiary/aromatic N) is 1. The Labute approximate surface area is 189 Å². The van der Waals surface area contributed by atoms with E-state index in [-0.39, 0.29) is 29.8 Å². The van der Waals surface area contributed by atoms with E-state index in [1.165, 1.54) is 0 Å². The highest BCUT2D eigenvalue weighted by molar-refractivity contribution is 6.09. The Morgan fingerprint density at radius 1 is 1.03 bits per heavy atom. The predicted molar refractivity (Wildman–Crippen MR) is 123 cm³/mol. The minimum atomic E-state index is -0.906. The van der Waals surface area contributed by atoms with Gasteiger partial charge in [-0.05, 0) is 41.7 Å². The Hall–Kier alpha value is -3.15. The van der Waals surface area contributed by atoms with Crippen LogP contribution >= 0.6 is 0 Å². The van der Waals surface area contributed by atoms with Gasteiger partial charge in [-0.1, -0.05) is 81.4 Å². The van der Waals surface area contributed by atoms with Gasteiger partial charge in [0.15, 0.2) is 0 Å². The largest absolute Gasteiger partial charge is 0.344 e. The molecule has 6 heteroatoms. The second-order valence-electron chi connectivity index (χ2n) is 10.1. The number of carbonyl (C=O) groups is 3. The summed E-state index contributed by atoms with van der Waals surface area (Å²) in [6, 6.07) is 18.5. The molecule has 1 saturated carbocycles. The second kappa shape index (κ2) is 8.41. The summed E-state index contributed by atoms with van der Waals surface area (Å²) < 4.78 is 0. The van der Waals surface area contributed by atoms with Crippen LogP contribution in [-0.4, -0.2) is 34.8 Å². The maximum Gasteiger partial charge on any atom is 0.325 e. The average molecular weight is 434 g/mol. The molecule has 6 nitrogen and oxygen atoms in total. The van der Waals surface area contributed by atoms with Crippen LogP contribution in [-0.2, 0) is 9.59 Å². The average Bonchev–Trinajstić information content (AvgIpc) is 2.95. The Bertz CT molecular complexity index is 966. The summed E-state index contributed by atoms with van der Waals surface area (Å²) >= 11 is 0. The summed E-state index contributed by atoms with van der Waals surface area (Å²) in [5.41, 5.74) is 0.911. The monoisotopic (exact) mass is 433 g/mol. The van der Waals surface area contributed by atoms with Gasteiger partial charge < -0.3 is 10.6 Å². The van der Waals surface area contributed by atoms with Crippen molar-refractivity contribution in [1.82, 2.24) is 15.5 Å². The minimum absolute atomic E-state index is 0.0510. The van der Waals surface area contributed by atoms with Crippen molar-refractivity contribution in [1.29, 1.82) is 0 Å². The first kappa shape index (κ1) is 22.1. The van der Waals surface area contributed by atoms with Crippen LogP contribution < -0.4 is 10.6 Å². The Balaban J connectivity index is 1.52. The number of urea groups is 1. The summed E-state index contributed by atoms with van der Waals surface area (Å²) in [6.45, 7) is 6.08. The van der Waals surface area contributed by atoms with Crippen molar-refractivity contribution in [2.24, 2.45) is 11.3 Å². The van der Waals surface area contributed by atoms with Gasteiger partial charge in [0, 0.05) is 0 Å². The van der Waals surface area contributed by atoms with E-state index >= 15 is 0 Å². The quantitative estimate of drug-likeness (QED) is 0.699. The smallest absolute Gasteiger partial charge is 0.325 e. The number of amides is 4. The maximum absolute atomic E-state index is 13.3. The molecule has 1 spiro atoms. The van der Waals surface area contributed by atoms with Crippen molar-refractivity contribution >= 4 is 17.8 Å². The van der Waals surface area contributed by atoms with Crippen LogP contribution in [0.2, 0.25) is 0 Å². The van der Waals surface area contributed by atoms with Crippen molar-refractivity contribution in [3.8, 4) is 0 Å². The van der Waals surface area contributed by atoms with E-state index in [1.54, 1.807) is 0 Å². The minimum Gasteiger partial charge on any atom is -0.344 e. The molecule has 168 valence electrons. The molecular weight excluding hydrogens is 402 g/mol. The first-order valence-electron chi connectivity index (χ1n) is 11.2. The number of rotatable bonds is 5. The van der Waals surface area contributed by atoms with Crippen molar-refractivity contribution in [2.45, 2.75) is 51.6 Å². The lowest BCUT2D eigenvalue weighted by molar-refractivity contribution is -0.137. The van der Waals surface area contributed by atoms with E-state index < -0.39 is 11.6 Å². The number of hydrogen-bond acceptors (Lipinski definition) is 3. The highest BCUT2D eigenvalue weighted by atomic mass is 16.2. The van der Waals surface area contributed by atoms with Gasteiger partial charge in [-0.3, -0.25) is 14.5 Å². The number of hydrogen-bond donors (Lipinski definition) is 2. The molecule has 2 fully saturated rings. The number of carbonyl (C=O) groups excluding carboxylic acids is 3. The molecule has 2 N–H and O–H groups in total. The van der Waals surface area contributed by atoms with Gasteiger partial charge in [-0.2, -0.15) is 0 Å². The van der Waals surface area contributed by atoms with Crippen LogP contribution in [0.5, 0.6) is 0 Å². The molecule has 0 aromatic heterocycles. The van der Waals surface area contributed by atoms with Gasteiger partial charge in [-0.25, -0.2) is 4.79 Å². The standard InChI is InChI=1S/C26H31N3O3/c1-18-14-25(2,3)17-26(15-18)23(31)29(24(32)28-26)16-21(30)27-22(19-10-6-4-7-11-19)20-12-8-5-9-13-20/h4-13,18,22H,14-17H2,1-3H3,(H,27,30)(H,28,32)/t18-,26-/m0/s1. The van der Waals surface area contributed by atoms with Gasteiger partial charge in [0.2, 0.25) is 5.91 Å². The Morgan fingerprint density at radius 3 is 2.12 bits per heavy atom. The van der Waals surface area contributed by atoms with Gasteiger partial charge in [-0.15, -0.1) is 0 Å². The zero-order valence-corrected chi connectivity index (χ0v) is 18.9. The lowest BCUT2D eigenvalue weighted by Crippen LogP contribution is -2.54. The summed E-state index contributed by atoms with van der Waals surface area (Å²) in [5, 5.41) is 5.96. The third-order valence-corrected chi connectivity index (χ3v) is 6.50. The summed E-state index contributed by atoms with van der Waals surface area (Å²) in [7, 11) is 0. The maximum atomic E-state index is 13.3. The first-order valence-corrected chi connectivity index (χ1v) is 11.2. The summed E-state index contributed by atoms with van der Waals surface area (Å²) in [4.78, 5) is 40.2. The molecule has 4 amide bonds. The van der Waals surface area contributed by atoms with Crippen molar-refractivity contribution in [3.63, 3.8) is 0 Å². The topological polar surface area (TPSA) is 78.5 Å². The van der Waals surface area contributed by atoms with E-state index in [0.717, 1.165) is 22.4 Å². The summed E-state index contributed by atoms with van der Waals surface area (Å²) in [5.74, 6) is -0.336. The zero-order chi connectivity index (χ0) is 22.9. The van der Waals surface area contributed by atoms with E-state index in [4.69, 9.17) is 0 Å². The molecule has 2 atom stereocenters.